The van der Waals surface area contributed by atoms with Gasteiger partial charge in [-0.2, -0.15) is 0 Å². The smallest absolute Gasteiger partial charge is 0.228 e. The number of anilines is 2. The molecule has 0 bridgehead atoms. The quantitative estimate of drug-likeness (QED) is 0.593. The Morgan fingerprint density at radius 2 is 1.97 bits per heavy atom. The van der Waals surface area contributed by atoms with E-state index in [1.54, 1.807) is 11.8 Å². The molecule has 4 heterocycles. The fourth-order valence-corrected chi connectivity index (χ4v) is 7.03. The zero-order chi connectivity index (χ0) is 20.2. The standard InChI is InChI=1S/C21H27N7S2/c1-12-4-7-14-15(10-12)30-19-17(14)18(22)23-16(24-19)11-29-21-26-25-20(27-8-2-3-9-27)28(21)13-5-6-13/h12-13H,2-11H2,1H3,(H2,22,23,24). The van der Waals surface area contributed by atoms with E-state index in [0.717, 1.165) is 59.0 Å². The van der Waals surface area contributed by atoms with Crippen LogP contribution in [0.5, 0.6) is 0 Å². The number of aromatic nitrogens is 5. The lowest BCUT2D eigenvalue weighted by atomic mass is 9.89. The molecule has 30 heavy (non-hydrogen) atoms. The number of fused-ring (bicyclic) bond motifs is 3. The first-order chi connectivity index (χ1) is 14.7. The van der Waals surface area contributed by atoms with Gasteiger partial charge in [-0.1, -0.05) is 18.7 Å². The van der Waals surface area contributed by atoms with Crippen LogP contribution in [0.2, 0.25) is 0 Å². The van der Waals surface area contributed by atoms with E-state index >= 15 is 0 Å². The van der Waals surface area contributed by atoms with Crippen LogP contribution in [-0.2, 0) is 18.6 Å². The Kier molecular flexibility index (Phi) is 4.63. The second-order valence-corrected chi connectivity index (χ2v) is 10.9. The van der Waals surface area contributed by atoms with Gasteiger partial charge in [0.2, 0.25) is 5.95 Å². The average Bonchev–Trinajstić information content (AvgIpc) is 3.14. The Balaban J connectivity index is 1.27. The van der Waals surface area contributed by atoms with Crippen LogP contribution in [0.3, 0.4) is 0 Å². The highest BCUT2D eigenvalue weighted by Gasteiger charge is 2.32. The zero-order valence-electron chi connectivity index (χ0n) is 17.3. The van der Waals surface area contributed by atoms with Crippen molar-refractivity contribution in [1.82, 2.24) is 24.7 Å². The van der Waals surface area contributed by atoms with Gasteiger partial charge in [0, 0.05) is 24.0 Å². The summed E-state index contributed by atoms with van der Waals surface area (Å²) in [7, 11) is 0. The summed E-state index contributed by atoms with van der Waals surface area (Å²) >= 11 is 3.50. The van der Waals surface area contributed by atoms with Crippen molar-refractivity contribution in [3.63, 3.8) is 0 Å². The molecule has 9 heteroatoms. The van der Waals surface area contributed by atoms with Gasteiger partial charge in [-0.25, -0.2) is 9.97 Å². The van der Waals surface area contributed by atoms with Crippen LogP contribution < -0.4 is 10.6 Å². The summed E-state index contributed by atoms with van der Waals surface area (Å²) in [5.41, 5.74) is 7.81. The van der Waals surface area contributed by atoms with Gasteiger partial charge in [-0.15, -0.1) is 21.5 Å². The number of rotatable bonds is 5. The van der Waals surface area contributed by atoms with Crippen LogP contribution in [0, 0.1) is 5.92 Å². The lowest BCUT2D eigenvalue weighted by molar-refractivity contribution is 0.509. The van der Waals surface area contributed by atoms with Crippen LogP contribution in [0.25, 0.3) is 10.2 Å². The lowest BCUT2D eigenvalue weighted by Crippen LogP contribution is -2.22. The normalized spacial score (nSPS) is 21.5. The first kappa shape index (κ1) is 18.9. The Morgan fingerprint density at radius 3 is 2.77 bits per heavy atom. The maximum Gasteiger partial charge on any atom is 0.228 e. The Morgan fingerprint density at radius 1 is 1.13 bits per heavy atom. The van der Waals surface area contributed by atoms with E-state index in [0.29, 0.717) is 17.6 Å². The number of hydrogen-bond donors (Lipinski definition) is 1. The topological polar surface area (TPSA) is 85.8 Å². The minimum absolute atomic E-state index is 0.553. The molecule has 0 amide bonds. The predicted molar refractivity (Wildman–Crippen MR) is 122 cm³/mol. The van der Waals surface area contributed by atoms with Crippen molar-refractivity contribution in [2.24, 2.45) is 5.92 Å². The predicted octanol–water partition coefficient (Wildman–Crippen LogP) is 4.22. The molecule has 2 aliphatic carbocycles. The molecule has 1 aliphatic heterocycles. The monoisotopic (exact) mass is 441 g/mol. The van der Waals surface area contributed by atoms with Crippen LogP contribution in [0.4, 0.5) is 11.8 Å². The molecule has 2 fully saturated rings. The van der Waals surface area contributed by atoms with E-state index in [-0.39, 0.29) is 0 Å². The highest BCUT2D eigenvalue weighted by Crippen LogP contribution is 2.42. The first-order valence-corrected chi connectivity index (χ1v) is 12.9. The molecule has 1 unspecified atom stereocenters. The summed E-state index contributed by atoms with van der Waals surface area (Å²) in [6, 6.07) is 0.553. The second kappa shape index (κ2) is 7.37. The third kappa shape index (κ3) is 3.26. The van der Waals surface area contributed by atoms with Gasteiger partial charge in [0.1, 0.15) is 16.5 Å². The molecule has 1 saturated heterocycles. The van der Waals surface area contributed by atoms with Crippen LogP contribution in [0.1, 0.15) is 61.3 Å². The number of aryl methyl sites for hydroxylation is 1. The summed E-state index contributed by atoms with van der Waals surface area (Å²) in [6.45, 7) is 4.51. The summed E-state index contributed by atoms with van der Waals surface area (Å²) in [5, 5.41) is 11.2. The maximum absolute atomic E-state index is 6.41. The molecule has 3 aromatic rings. The van der Waals surface area contributed by atoms with Crippen molar-refractivity contribution in [1.29, 1.82) is 0 Å². The summed E-state index contributed by atoms with van der Waals surface area (Å²) in [5.74, 6) is 3.90. The summed E-state index contributed by atoms with van der Waals surface area (Å²) in [4.78, 5) is 14.5. The molecular formula is C21H27N7S2. The lowest BCUT2D eigenvalue weighted by Gasteiger charge is -2.18. The third-order valence-electron chi connectivity index (χ3n) is 6.51. The number of hydrogen-bond acceptors (Lipinski definition) is 8. The Labute approximate surface area is 184 Å². The molecule has 3 aromatic heterocycles. The minimum atomic E-state index is 0.553. The van der Waals surface area contributed by atoms with E-state index in [2.05, 4.69) is 31.6 Å². The fourth-order valence-electron chi connectivity index (χ4n) is 4.76. The third-order valence-corrected chi connectivity index (χ3v) is 8.59. The second-order valence-electron chi connectivity index (χ2n) is 8.92. The molecule has 0 spiro atoms. The van der Waals surface area contributed by atoms with Crippen LogP contribution in [-0.4, -0.2) is 37.8 Å². The minimum Gasteiger partial charge on any atom is -0.383 e. The van der Waals surface area contributed by atoms with Gasteiger partial charge >= 0.3 is 0 Å². The zero-order valence-corrected chi connectivity index (χ0v) is 18.9. The highest BCUT2D eigenvalue weighted by atomic mass is 32.2. The number of nitrogens with two attached hydrogens (primary N) is 1. The van der Waals surface area contributed by atoms with Gasteiger partial charge in [0.05, 0.1) is 11.1 Å². The molecule has 1 saturated carbocycles. The van der Waals surface area contributed by atoms with E-state index in [1.807, 2.05) is 11.3 Å². The number of nitrogen functional groups attached to an aromatic ring is 1. The largest absolute Gasteiger partial charge is 0.383 e. The van der Waals surface area contributed by atoms with E-state index in [4.69, 9.17) is 10.7 Å². The highest BCUT2D eigenvalue weighted by molar-refractivity contribution is 7.98. The Hall–Kier alpha value is -1.87. The van der Waals surface area contributed by atoms with Crippen molar-refractivity contribution in [3.05, 3.63) is 16.3 Å². The van der Waals surface area contributed by atoms with Crippen LogP contribution in [0.15, 0.2) is 5.16 Å². The van der Waals surface area contributed by atoms with Gasteiger partial charge in [0.25, 0.3) is 0 Å². The molecule has 158 valence electrons. The molecule has 1 atom stereocenters. The molecule has 6 rings (SSSR count). The average molecular weight is 442 g/mol. The molecule has 0 radical (unpaired) electrons. The Bertz CT molecular complexity index is 1090. The van der Waals surface area contributed by atoms with Gasteiger partial charge in [-0.05, 0) is 56.4 Å². The van der Waals surface area contributed by atoms with Crippen molar-refractivity contribution < 1.29 is 0 Å². The van der Waals surface area contributed by atoms with Crippen LogP contribution >= 0.6 is 23.1 Å². The molecule has 7 nitrogen and oxygen atoms in total. The number of thiophene rings is 1. The fraction of sp³-hybridized carbons (Fsp3) is 0.619. The maximum atomic E-state index is 6.41. The number of thioether (sulfide) groups is 1. The van der Waals surface area contributed by atoms with Crippen molar-refractivity contribution in [2.45, 2.75) is 68.8 Å². The SMILES string of the molecule is CC1CCc2c(sc3nc(CSc4nnc(N5CCCC5)n4C4CC4)nc(N)c23)C1. The van der Waals surface area contributed by atoms with Gasteiger partial charge in [0.15, 0.2) is 5.16 Å². The van der Waals surface area contributed by atoms with Crippen molar-refractivity contribution in [2.75, 3.05) is 23.7 Å². The van der Waals surface area contributed by atoms with Gasteiger partial charge in [-0.3, -0.25) is 4.57 Å². The number of nitrogens with zero attached hydrogens (tertiary/aromatic N) is 6. The summed E-state index contributed by atoms with van der Waals surface area (Å²) < 4.78 is 2.35. The molecule has 0 aromatic carbocycles. The van der Waals surface area contributed by atoms with E-state index in [9.17, 15) is 0 Å². The van der Waals surface area contributed by atoms with Gasteiger partial charge < -0.3 is 10.6 Å². The molecular weight excluding hydrogens is 414 g/mol. The molecule has 2 N–H and O–H groups in total. The van der Waals surface area contributed by atoms with Crippen molar-refractivity contribution >= 4 is 45.1 Å². The summed E-state index contributed by atoms with van der Waals surface area (Å²) in [6.07, 6.45) is 8.41. The first-order valence-electron chi connectivity index (χ1n) is 11.1. The van der Waals surface area contributed by atoms with Crippen molar-refractivity contribution in [3.8, 4) is 0 Å². The van der Waals surface area contributed by atoms with E-state index < -0.39 is 0 Å². The molecule has 3 aliphatic rings. The van der Waals surface area contributed by atoms with E-state index in [1.165, 1.54) is 42.5 Å².